The van der Waals surface area contributed by atoms with Crippen LogP contribution in [0.25, 0.3) is 11.0 Å². The second-order valence-corrected chi connectivity index (χ2v) is 7.22. The van der Waals surface area contributed by atoms with Crippen LogP contribution in [0.1, 0.15) is 48.5 Å². The van der Waals surface area contributed by atoms with Crippen LogP contribution in [-0.2, 0) is 11.2 Å². The highest BCUT2D eigenvalue weighted by molar-refractivity contribution is 5.98. The molecule has 1 aromatic heterocycles. The first-order chi connectivity index (χ1) is 14.0. The van der Waals surface area contributed by atoms with E-state index in [1.165, 1.54) is 0 Å². The number of rotatable bonds is 5. The first-order valence-corrected chi connectivity index (χ1v) is 9.85. The van der Waals surface area contributed by atoms with Crippen LogP contribution in [0, 0.1) is 0 Å². The van der Waals surface area contributed by atoms with E-state index in [9.17, 15) is 9.59 Å². The van der Waals surface area contributed by atoms with Gasteiger partial charge in [0.25, 0.3) is 5.91 Å². The number of para-hydroxylation sites is 1. The molecule has 3 aromatic rings. The molecule has 4 rings (SSSR count). The Hall–Kier alpha value is -3.28. The largest absolute Gasteiger partial charge is 0.490 e. The van der Waals surface area contributed by atoms with E-state index < -0.39 is 0 Å². The monoisotopic (exact) mass is 392 g/mol. The molecule has 1 N–H and O–H groups in total. The van der Waals surface area contributed by atoms with E-state index in [-0.39, 0.29) is 17.9 Å². The molecule has 1 unspecified atom stereocenters. The molecule has 150 valence electrons. The van der Waals surface area contributed by atoms with Gasteiger partial charge in [0.05, 0.1) is 12.6 Å². The summed E-state index contributed by atoms with van der Waals surface area (Å²) in [6.07, 6.45) is 0.759. The Kier molecular flexibility index (Phi) is 5.01. The van der Waals surface area contributed by atoms with Gasteiger partial charge in [0.15, 0.2) is 11.3 Å². The van der Waals surface area contributed by atoms with Crippen molar-refractivity contribution in [1.29, 1.82) is 0 Å². The minimum atomic E-state index is -0.300. The van der Waals surface area contributed by atoms with Crippen LogP contribution in [0.4, 0.5) is 5.69 Å². The maximum atomic E-state index is 12.8. The lowest BCUT2D eigenvalue weighted by atomic mass is 10.1. The number of hydrogen-bond acceptors (Lipinski definition) is 4. The maximum absolute atomic E-state index is 12.8. The summed E-state index contributed by atoms with van der Waals surface area (Å²) in [5.41, 5.74) is 3.17. The van der Waals surface area contributed by atoms with Gasteiger partial charge in [-0.2, -0.15) is 0 Å². The highest BCUT2D eigenvalue weighted by Gasteiger charge is 2.24. The van der Waals surface area contributed by atoms with Gasteiger partial charge in [-0.15, -0.1) is 0 Å². The predicted molar refractivity (Wildman–Crippen MR) is 111 cm³/mol. The molecule has 1 aliphatic heterocycles. The smallest absolute Gasteiger partial charge is 0.251 e. The standard InChI is InChI=1S/C23H24N2O4/c1-4-28-20-7-5-6-17-13-21(29-22(17)20)14(2)24-23(27)18-8-9-19-16(12-18)10-11-25(19)15(3)26/h5-9,12-14H,4,10-11H2,1-3H3,(H,24,27). The highest BCUT2D eigenvalue weighted by atomic mass is 16.5. The van der Waals surface area contributed by atoms with Crippen molar-refractivity contribution in [3.8, 4) is 5.75 Å². The molecule has 1 aliphatic rings. The average Bonchev–Trinajstić information content (AvgIpc) is 3.32. The number of anilines is 1. The number of ether oxygens (including phenoxy) is 1. The number of hydrogen-bond donors (Lipinski definition) is 1. The van der Waals surface area contributed by atoms with Gasteiger partial charge in [-0.1, -0.05) is 12.1 Å². The van der Waals surface area contributed by atoms with Crippen molar-refractivity contribution in [3.63, 3.8) is 0 Å². The third-order valence-corrected chi connectivity index (χ3v) is 5.22. The van der Waals surface area contributed by atoms with Crippen LogP contribution in [0.2, 0.25) is 0 Å². The fourth-order valence-corrected chi connectivity index (χ4v) is 3.76. The second-order valence-electron chi connectivity index (χ2n) is 7.22. The van der Waals surface area contributed by atoms with Crippen molar-refractivity contribution in [2.75, 3.05) is 18.1 Å². The van der Waals surface area contributed by atoms with Gasteiger partial charge >= 0.3 is 0 Å². The van der Waals surface area contributed by atoms with Gasteiger partial charge in [-0.3, -0.25) is 9.59 Å². The first kappa shape index (κ1) is 19.1. The number of furan rings is 1. The molecule has 0 spiro atoms. The molecule has 0 aliphatic carbocycles. The fraction of sp³-hybridized carbons (Fsp3) is 0.304. The van der Waals surface area contributed by atoms with Crippen molar-refractivity contribution in [2.45, 2.75) is 33.2 Å². The number of benzene rings is 2. The van der Waals surface area contributed by atoms with Gasteiger partial charge in [0.1, 0.15) is 5.76 Å². The van der Waals surface area contributed by atoms with Gasteiger partial charge in [-0.25, -0.2) is 0 Å². The molecular formula is C23H24N2O4. The number of carbonyl (C=O) groups is 2. The molecule has 2 aromatic carbocycles. The third-order valence-electron chi connectivity index (χ3n) is 5.22. The normalized spacial score (nSPS) is 14.0. The molecule has 29 heavy (non-hydrogen) atoms. The van der Waals surface area contributed by atoms with Gasteiger partial charge in [0, 0.05) is 30.1 Å². The first-order valence-electron chi connectivity index (χ1n) is 9.85. The van der Waals surface area contributed by atoms with Crippen LogP contribution >= 0.6 is 0 Å². The molecule has 0 saturated carbocycles. The Balaban J connectivity index is 1.52. The lowest BCUT2D eigenvalue weighted by Gasteiger charge is -2.15. The number of nitrogens with one attached hydrogen (secondary N) is 1. The van der Waals surface area contributed by atoms with E-state index in [4.69, 9.17) is 9.15 Å². The van der Waals surface area contributed by atoms with Crippen LogP contribution < -0.4 is 15.0 Å². The molecule has 0 fully saturated rings. The topological polar surface area (TPSA) is 71.8 Å². The average molecular weight is 392 g/mol. The van der Waals surface area contributed by atoms with E-state index in [1.807, 2.05) is 50.2 Å². The molecule has 0 saturated heterocycles. The lowest BCUT2D eigenvalue weighted by Crippen LogP contribution is -2.27. The van der Waals surface area contributed by atoms with Crippen molar-refractivity contribution in [3.05, 3.63) is 59.4 Å². The second kappa shape index (κ2) is 7.62. The third kappa shape index (κ3) is 3.58. The molecule has 6 nitrogen and oxygen atoms in total. The van der Waals surface area contributed by atoms with Crippen molar-refractivity contribution >= 4 is 28.5 Å². The summed E-state index contributed by atoms with van der Waals surface area (Å²) >= 11 is 0. The molecule has 2 amide bonds. The van der Waals surface area contributed by atoms with Crippen molar-refractivity contribution in [1.82, 2.24) is 5.32 Å². The Morgan fingerprint density at radius 2 is 2.07 bits per heavy atom. The summed E-state index contributed by atoms with van der Waals surface area (Å²) in [5, 5.41) is 3.93. The molecule has 6 heteroatoms. The van der Waals surface area contributed by atoms with E-state index >= 15 is 0 Å². The van der Waals surface area contributed by atoms with E-state index in [1.54, 1.807) is 17.9 Å². The van der Waals surface area contributed by atoms with E-state index in [0.29, 0.717) is 35.8 Å². The zero-order valence-corrected chi connectivity index (χ0v) is 16.8. The van der Waals surface area contributed by atoms with Gasteiger partial charge in [-0.05, 0) is 56.2 Å². The Labute approximate surface area is 169 Å². The fourth-order valence-electron chi connectivity index (χ4n) is 3.76. The summed E-state index contributed by atoms with van der Waals surface area (Å²) in [5.74, 6) is 1.21. The van der Waals surface area contributed by atoms with Crippen LogP contribution in [0.5, 0.6) is 5.75 Å². The maximum Gasteiger partial charge on any atom is 0.251 e. The number of fused-ring (bicyclic) bond motifs is 2. The SMILES string of the molecule is CCOc1cccc2cc(C(C)NC(=O)c3ccc4c(c3)CCN4C(C)=O)oc12. The highest BCUT2D eigenvalue weighted by Crippen LogP contribution is 2.32. The summed E-state index contributed by atoms with van der Waals surface area (Å²) in [6.45, 7) is 6.59. The van der Waals surface area contributed by atoms with Crippen molar-refractivity contribution < 1.29 is 18.7 Å². The molecular weight excluding hydrogens is 368 g/mol. The van der Waals surface area contributed by atoms with Crippen molar-refractivity contribution in [2.24, 2.45) is 0 Å². The minimum Gasteiger partial charge on any atom is -0.490 e. The Bertz CT molecular complexity index is 1090. The number of carbonyl (C=O) groups excluding carboxylic acids is 2. The summed E-state index contributed by atoms with van der Waals surface area (Å²) < 4.78 is 11.6. The minimum absolute atomic E-state index is 0.0193. The molecule has 0 bridgehead atoms. The van der Waals surface area contributed by atoms with E-state index in [0.717, 1.165) is 23.1 Å². The number of amides is 2. The molecule has 0 radical (unpaired) electrons. The quantitative estimate of drug-likeness (QED) is 0.705. The number of nitrogens with zero attached hydrogens (tertiary/aromatic N) is 1. The Morgan fingerprint density at radius 3 is 2.83 bits per heavy atom. The summed E-state index contributed by atoms with van der Waals surface area (Å²) in [6, 6.07) is 12.9. The zero-order chi connectivity index (χ0) is 20.5. The van der Waals surface area contributed by atoms with Crippen LogP contribution in [0.15, 0.2) is 46.9 Å². The summed E-state index contributed by atoms with van der Waals surface area (Å²) in [7, 11) is 0. The van der Waals surface area contributed by atoms with Gasteiger partial charge < -0.3 is 19.4 Å². The van der Waals surface area contributed by atoms with E-state index in [2.05, 4.69) is 5.32 Å². The zero-order valence-electron chi connectivity index (χ0n) is 16.8. The lowest BCUT2D eigenvalue weighted by molar-refractivity contribution is -0.116. The van der Waals surface area contributed by atoms with Crippen LogP contribution in [-0.4, -0.2) is 25.0 Å². The van der Waals surface area contributed by atoms with Gasteiger partial charge in [0.2, 0.25) is 5.91 Å². The predicted octanol–water partition coefficient (Wildman–Crippen LogP) is 4.23. The molecule has 1 atom stereocenters. The summed E-state index contributed by atoms with van der Waals surface area (Å²) in [4.78, 5) is 26.2. The van der Waals surface area contributed by atoms with Crippen LogP contribution in [0.3, 0.4) is 0 Å². The Morgan fingerprint density at radius 1 is 1.24 bits per heavy atom. The molecule has 2 heterocycles.